The zero-order chi connectivity index (χ0) is 17.7. The van der Waals surface area contributed by atoms with Crippen molar-refractivity contribution in [3.05, 3.63) is 39.4 Å². The molecule has 1 aromatic heterocycles. The predicted octanol–water partition coefficient (Wildman–Crippen LogP) is 3.57. The highest BCUT2D eigenvalue weighted by molar-refractivity contribution is 6.74. The third kappa shape index (κ3) is 2.96. The van der Waals surface area contributed by atoms with Gasteiger partial charge in [-0.05, 0) is 42.2 Å². The van der Waals surface area contributed by atoms with Crippen molar-refractivity contribution in [3.8, 4) is 0 Å². The van der Waals surface area contributed by atoms with Gasteiger partial charge in [0.1, 0.15) is 5.82 Å². The summed E-state index contributed by atoms with van der Waals surface area (Å²) in [4.78, 5) is 31.6. The summed E-state index contributed by atoms with van der Waals surface area (Å²) in [6, 6.07) is 3.56. The van der Waals surface area contributed by atoms with Crippen LogP contribution in [0, 0.1) is 0 Å². The van der Waals surface area contributed by atoms with Crippen LogP contribution in [0.5, 0.6) is 0 Å². The molecule has 2 aromatic rings. The van der Waals surface area contributed by atoms with E-state index in [4.69, 9.17) is 4.43 Å². The molecule has 0 radical (unpaired) electrons. The molecule has 24 heavy (non-hydrogen) atoms. The molecule has 5 nitrogen and oxygen atoms in total. The number of Topliss-reactive ketones (excluding diaryl/α,β-unsaturated/α-hetero) is 1. The number of nitrogens with zero attached hydrogens (tertiary/aromatic N) is 1. The number of nitrogens with one attached hydrogen (secondary N) is 1. The monoisotopic (exact) mass is 344 g/mol. The number of fused-ring (bicyclic) bond motifs is 2. The van der Waals surface area contributed by atoms with Crippen LogP contribution in [0.25, 0.3) is 10.9 Å². The Balaban J connectivity index is 1.94. The summed E-state index contributed by atoms with van der Waals surface area (Å²) in [6.45, 7) is 11.2. The van der Waals surface area contributed by atoms with E-state index in [1.807, 2.05) is 6.07 Å². The first kappa shape index (κ1) is 17.0. The molecule has 3 rings (SSSR count). The zero-order valence-electron chi connectivity index (χ0n) is 14.9. The van der Waals surface area contributed by atoms with Crippen molar-refractivity contribution in [2.45, 2.75) is 58.4 Å². The number of aryl methyl sites for hydroxylation is 1. The maximum Gasteiger partial charge on any atom is 0.258 e. The van der Waals surface area contributed by atoms with Crippen LogP contribution in [0.15, 0.2) is 16.9 Å². The lowest BCUT2D eigenvalue weighted by Crippen LogP contribution is -2.40. The van der Waals surface area contributed by atoms with Crippen LogP contribution in [-0.2, 0) is 17.5 Å². The van der Waals surface area contributed by atoms with Gasteiger partial charge in [0.05, 0.1) is 17.5 Å². The Kier molecular flexibility index (Phi) is 4.00. The van der Waals surface area contributed by atoms with E-state index in [1.54, 1.807) is 6.07 Å². The molecule has 1 heterocycles. The molecule has 0 aliphatic heterocycles. The van der Waals surface area contributed by atoms with Gasteiger partial charge < -0.3 is 9.41 Å². The SMILES string of the molecule is CC(C)(C)[Si](C)(C)OCc1nc2cc3c(cc2c(=O)[nH]1)C(=O)CC3. The first-order valence-corrected chi connectivity index (χ1v) is 11.2. The smallest absolute Gasteiger partial charge is 0.258 e. The van der Waals surface area contributed by atoms with Gasteiger partial charge in [0, 0.05) is 12.0 Å². The third-order valence-electron chi connectivity index (χ3n) is 5.28. The van der Waals surface area contributed by atoms with E-state index >= 15 is 0 Å². The Morgan fingerprint density at radius 1 is 1.21 bits per heavy atom. The molecule has 1 aliphatic rings. The van der Waals surface area contributed by atoms with Gasteiger partial charge >= 0.3 is 0 Å². The van der Waals surface area contributed by atoms with Crippen LogP contribution in [0.3, 0.4) is 0 Å². The van der Waals surface area contributed by atoms with Crippen LogP contribution in [0.4, 0.5) is 0 Å². The van der Waals surface area contributed by atoms with Gasteiger partial charge in [0.25, 0.3) is 5.56 Å². The molecule has 1 N–H and O–H groups in total. The lowest BCUT2D eigenvalue weighted by atomic mass is 10.1. The Labute approximate surface area is 142 Å². The second-order valence-corrected chi connectivity index (χ2v) is 12.8. The Morgan fingerprint density at radius 3 is 2.58 bits per heavy atom. The molecule has 6 heteroatoms. The summed E-state index contributed by atoms with van der Waals surface area (Å²) in [5, 5.41) is 0.575. The van der Waals surface area contributed by atoms with Crippen LogP contribution in [0.1, 0.15) is 48.9 Å². The maximum atomic E-state index is 12.4. The van der Waals surface area contributed by atoms with Gasteiger partial charge in [-0.2, -0.15) is 0 Å². The van der Waals surface area contributed by atoms with Crippen LogP contribution < -0.4 is 5.56 Å². The van der Waals surface area contributed by atoms with E-state index in [0.29, 0.717) is 35.3 Å². The molecule has 128 valence electrons. The largest absolute Gasteiger partial charge is 0.409 e. The topological polar surface area (TPSA) is 72.0 Å². The second-order valence-electron chi connectivity index (χ2n) is 8.01. The summed E-state index contributed by atoms with van der Waals surface area (Å²) < 4.78 is 6.15. The molecular weight excluding hydrogens is 320 g/mol. The molecule has 1 aliphatic carbocycles. The van der Waals surface area contributed by atoms with Crippen molar-refractivity contribution in [2.24, 2.45) is 0 Å². The number of H-pyrrole nitrogens is 1. The quantitative estimate of drug-likeness (QED) is 0.864. The van der Waals surface area contributed by atoms with E-state index in [1.165, 1.54) is 0 Å². The van der Waals surface area contributed by atoms with Crippen molar-refractivity contribution < 1.29 is 9.22 Å². The number of aromatic amines is 1. The van der Waals surface area contributed by atoms with Gasteiger partial charge in [-0.25, -0.2) is 4.98 Å². The number of aromatic nitrogens is 2. The van der Waals surface area contributed by atoms with Crippen LogP contribution in [-0.4, -0.2) is 24.1 Å². The van der Waals surface area contributed by atoms with E-state index < -0.39 is 8.32 Å². The van der Waals surface area contributed by atoms with Gasteiger partial charge in [-0.3, -0.25) is 9.59 Å². The van der Waals surface area contributed by atoms with Crippen molar-refractivity contribution >= 4 is 25.0 Å². The molecule has 0 unspecified atom stereocenters. The molecule has 0 bridgehead atoms. The molecule has 1 aromatic carbocycles. The Hall–Kier alpha value is -1.79. The van der Waals surface area contributed by atoms with E-state index in [-0.39, 0.29) is 16.4 Å². The number of benzene rings is 1. The summed E-state index contributed by atoms with van der Waals surface area (Å²) in [6.07, 6.45) is 1.25. The lowest BCUT2D eigenvalue weighted by Gasteiger charge is -2.35. The minimum Gasteiger partial charge on any atom is -0.409 e. The van der Waals surface area contributed by atoms with Gasteiger partial charge in [-0.1, -0.05) is 20.8 Å². The van der Waals surface area contributed by atoms with E-state index in [2.05, 4.69) is 43.8 Å². The average molecular weight is 344 g/mol. The predicted molar refractivity (Wildman–Crippen MR) is 97.0 cm³/mol. The number of carbonyl (C=O) groups excluding carboxylic acids is 1. The van der Waals surface area contributed by atoms with E-state index in [9.17, 15) is 9.59 Å². The standard InChI is InChI=1S/C18H24N2O3Si/c1-18(2,3)24(4,5)23-10-16-19-14-8-11-6-7-15(21)12(11)9-13(14)17(22)20-16/h8-9H,6-7,10H2,1-5H3,(H,19,20,22). The number of rotatable bonds is 3. The highest BCUT2D eigenvalue weighted by Gasteiger charge is 2.37. The summed E-state index contributed by atoms with van der Waals surface area (Å²) in [5.41, 5.74) is 2.08. The minimum atomic E-state index is -1.91. The highest BCUT2D eigenvalue weighted by Crippen LogP contribution is 2.36. The number of hydrogen-bond acceptors (Lipinski definition) is 4. The van der Waals surface area contributed by atoms with E-state index in [0.717, 1.165) is 12.0 Å². The normalized spacial score (nSPS) is 15.1. The zero-order valence-corrected chi connectivity index (χ0v) is 15.9. The van der Waals surface area contributed by atoms with Crippen molar-refractivity contribution in [2.75, 3.05) is 0 Å². The lowest BCUT2D eigenvalue weighted by molar-refractivity contribution is 0.0994. The molecule has 0 amide bonds. The number of carbonyl (C=O) groups is 1. The van der Waals surface area contributed by atoms with Crippen LogP contribution >= 0.6 is 0 Å². The molecule has 0 spiro atoms. The number of hydrogen-bond donors (Lipinski definition) is 1. The van der Waals surface area contributed by atoms with Gasteiger partial charge in [-0.15, -0.1) is 0 Å². The van der Waals surface area contributed by atoms with Gasteiger partial charge in [0.2, 0.25) is 0 Å². The Bertz CT molecular complexity index is 878. The molecule has 0 atom stereocenters. The fourth-order valence-electron chi connectivity index (χ4n) is 2.66. The fourth-order valence-corrected chi connectivity index (χ4v) is 3.59. The first-order valence-electron chi connectivity index (χ1n) is 8.31. The van der Waals surface area contributed by atoms with Crippen molar-refractivity contribution in [1.82, 2.24) is 9.97 Å². The van der Waals surface area contributed by atoms with Gasteiger partial charge in [0.15, 0.2) is 14.1 Å². The van der Waals surface area contributed by atoms with Crippen LogP contribution in [0.2, 0.25) is 18.1 Å². The van der Waals surface area contributed by atoms with Crippen molar-refractivity contribution in [1.29, 1.82) is 0 Å². The summed E-state index contributed by atoms with van der Waals surface area (Å²) >= 11 is 0. The molecule has 0 saturated heterocycles. The summed E-state index contributed by atoms with van der Waals surface area (Å²) in [5.74, 6) is 0.651. The Morgan fingerprint density at radius 2 is 1.92 bits per heavy atom. The molecule has 0 fully saturated rings. The molecular formula is C18H24N2O3Si. The number of ketones is 1. The maximum absolute atomic E-state index is 12.4. The van der Waals surface area contributed by atoms with Crippen molar-refractivity contribution in [3.63, 3.8) is 0 Å². The summed E-state index contributed by atoms with van der Waals surface area (Å²) in [7, 11) is -1.91. The molecule has 0 saturated carbocycles. The fraction of sp³-hybridized carbons (Fsp3) is 0.500. The minimum absolute atomic E-state index is 0.103. The highest BCUT2D eigenvalue weighted by atomic mass is 28.4. The first-order chi connectivity index (χ1) is 11.1. The second kappa shape index (κ2) is 5.63. The average Bonchev–Trinajstić information content (AvgIpc) is 2.83. The third-order valence-corrected chi connectivity index (χ3v) is 9.76.